The first kappa shape index (κ1) is 22.2. The van der Waals surface area contributed by atoms with Crippen LogP contribution in [0, 0.1) is 0 Å². The van der Waals surface area contributed by atoms with Crippen molar-refractivity contribution in [2.75, 3.05) is 17.4 Å². The zero-order valence-corrected chi connectivity index (χ0v) is 19.0. The number of benzene rings is 3. The van der Waals surface area contributed by atoms with Crippen LogP contribution in [0.4, 0.5) is 5.69 Å². The summed E-state index contributed by atoms with van der Waals surface area (Å²) in [5.41, 5.74) is 1.50. The third kappa shape index (κ3) is 4.59. The lowest BCUT2D eigenvalue weighted by Gasteiger charge is -2.34. The molecule has 4 rings (SSSR count). The Balaban J connectivity index is 1.55. The molecule has 0 saturated heterocycles. The maximum absolute atomic E-state index is 13.4. The second-order valence-electron chi connectivity index (χ2n) is 7.62. The van der Waals surface area contributed by atoms with Crippen LogP contribution in [0.25, 0.3) is 0 Å². The number of ether oxygens (including phenoxy) is 1. The number of anilines is 1. The number of nitrogens with one attached hydrogen (secondary N) is 1. The molecule has 3 aromatic carbocycles. The zero-order chi connectivity index (χ0) is 22.7. The highest BCUT2D eigenvalue weighted by Gasteiger charge is 2.37. The Morgan fingerprint density at radius 3 is 2.44 bits per heavy atom. The van der Waals surface area contributed by atoms with Gasteiger partial charge in [0.15, 0.2) is 6.10 Å². The molecule has 1 heterocycles. The van der Waals surface area contributed by atoms with Gasteiger partial charge < -0.3 is 10.1 Å². The Morgan fingerprint density at radius 2 is 1.72 bits per heavy atom. The molecule has 1 aliphatic rings. The van der Waals surface area contributed by atoms with Crippen LogP contribution in [0.15, 0.2) is 83.8 Å². The van der Waals surface area contributed by atoms with Crippen LogP contribution < -0.4 is 14.4 Å². The van der Waals surface area contributed by atoms with Crippen LogP contribution in [0.5, 0.6) is 5.75 Å². The number of nitrogens with zero attached hydrogens (tertiary/aromatic N) is 1. The van der Waals surface area contributed by atoms with E-state index in [0.29, 0.717) is 23.0 Å². The van der Waals surface area contributed by atoms with E-state index in [1.165, 1.54) is 28.6 Å². The van der Waals surface area contributed by atoms with Crippen molar-refractivity contribution in [2.45, 2.75) is 23.8 Å². The highest BCUT2D eigenvalue weighted by atomic mass is 35.5. The molecule has 0 bridgehead atoms. The quantitative estimate of drug-likeness (QED) is 0.585. The monoisotopic (exact) mass is 470 g/mol. The summed E-state index contributed by atoms with van der Waals surface area (Å²) in [7, 11) is -3.92. The second kappa shape index (κ2) is 9.22. The van der Waals surface area contributed by atoms with Gasteiger partial charge >= 0.3 is 0 Å². The largest absolute Gasteiger partial charge is 0.476 e. The van der Waals surface area contributed by atoms with E-state index in [1.54, 1.807) is 24.3 Å². The van der Waals surface area contributed by atoms with Gasteiger partial charge in [-0.3, -0.25) is 9.10 Å². The smallest absolute Gasteiger partial charge is 0.264 e. The van der Waals surface area contributed by atoms with E-state index in [4.69, 9.17) is 16.3 Å². The van der Waals surface area contributed by atoms with Gasteiger partial charge in [0.05, 0.1) is 17.1 Å². The molecule has 2 atom stereocenters. The molecule has 0 aliphatic carbocycles. The van der Waals surface area contributed by atoms with Crippen LogP contribution in [0.1, 0.15) is 18.4 Å². The number of halogens is 1. The number of amides is 1. The second-order valence-corrected chi connectivity index (χ2v) is 9.92. The predicted molar refractivity (Wildman–Crippen MR) is 125 cm³/mol. The minimum absolute atomic E-state index is 0.0930. The molecule has 0 radical (unpaired) electrons. The lowest BCUT2D eigenvalue weighted by molar-refractivity contribution is -0.127. The van der Waals surface area contributed by atoms with Gasteiger partial charge in [-0.05, 0) is 47.9 Å². The maximum Gasteiger partial charge on any atom is 0.264 e. The molecule has 32 heavy (non-hydrogen) atoms. The number of carbonyl (C=O) groups excluding carboxylic acids is 1. The van der Waals surface area contributed by atoms with Gasteiger partial charge in [-0.1, -0.05) is 61.0 Å². The van der Waals surface area contributed by atoms with Crippen molar-refractivity contribution < 1.29 is 17.9 Å². The summed E-state index contributed by atoms with van der Waals surface area (Å²) >= 11 is 5.92. The van der Waals surface area contributed by atoms with Crippen molar-refractivity contribution in [3.8, 4) is 5.75 Å². The number of carbonyl (C=O) groups is 1. The molecule has 0 fully saturated rings. The minimum Gasteiger partial charge on any atom is -0.476 e. The number of fused-ring (bicyclic) bond motifs is 1. The summed E-state index contributed by atoms with van der Waals surface area (Å²) in [6.45, 7) is 2.30. The van der Waals surface area contributed by atoms with Crippen LogP contribution in [-0.2, 0) is 14.8 Å². The van der Waals surface area contributed by atoms with E-state index in [1.807, 2.05) is 37.3 Å². The summed E-state index contributed by atoms with van der Waals surface area (Å²) in [6, 6.07) is 22.6. The molecule has 3 aromatic rings. The van der Waals surface area contributed by atoms with E-state index < -0.39 is 16.1 Å². The first-order chi connectivity index (χ1) is 15.4. The van der Waals surface area contributed by atoms with Crippen molar-refractivity contribution in [1.82, 2.24) is 5.32 Å². The highest BCUT2D eigenvalue weighted by Crippen LogP contribution is 2.37. The summed E-state index contributed by atoms with van der Waals surface area (Å²) in [4.78, 5) is 13.0. The number of hydrogen-bond acceptors (Lipinski definition) is 4. The molecular formula is C24H23ClN2O4S. The van der Waals surface area contributed by atoms with Gasteiger partial charge in [0.2, 0.25) is 0 Å². The number of para-hydroxylation sites is 2. The molecule has 1 amide bonds. The Bertz CT molecular complexity index is 1200. The summed E-state index contributed by atoms with van der Waals surface area (Å²) in [5.74, 6) is 0.0797. The average molecular weight is 471 g/mol. The molecule has 0 saturated carbocycles. The van der Waals surface area contributed by atoms with Gasteiger partial charge in [-0.15, -0.1) is 0 Å². The Morgan fingerprint density at radius 1 is 1.06 bits per heavy atom. The van der Waals surface area contributed by atoms with E-state index in [9.17, 15) is 13.2 Å². The summed E-state index contributed by atoms with van der Waals surface area (Å²) in [6.07, 6.45) is -0.977. The topological polar surface area (TPSA) is 75.7 Å². The maximum atomic E-state index is 13.4. The molecule has 0 aromatic heterocycles. The van der Waals surface area contributed by atoms with E-state index in [2.05, 4.69) is 5.32 Å². The summed E-state index contributed by atoms with van der Waals surface area (Å²) in [5, 5.41) is 3.34. The normalized spacial score (nSPS) is 16.6. The van der Waals surface area contributed by atoms with Crippen LogP contribution >= 0.6 is 11.6 Å². The van der Waals surface area contributed by atoms with Crippen LogP contribution in [-0.4, -0.2) is 33.5 Å². The van der Waals surface area contributed by atoms with E-state index >= 15 is 0 Å². The molecule has 166 valence electrons. The Hall–Kier alpha value is -3.03. The third-order valence-corrected chi connectivity index (χ3v) is 7.43. The Kier molecular flexibility index (Phi) is 6.39. The fraction of sp³-hybridized carbons (Fsp3) is 0.208. The van der Waals surface area contributed by atoms with Gasteiger partial charge in [-0.25, -0.2) is 8.42 Å². The molecule has 1 aliphatic heterocycles. The molecule has 2 unspecified atom stereocenters. The molecular weight excluding hydrogens is 448 g/mol. The third-order valence-electron chi connectivity index (χ3n) is 5.38. The van der Waals surface area contributed by atoms with Gasteiger partial charge in [0.1, 0.15) is 5.75 Å². The number of hydrogen-bond donors (Lipinski definition) is 1. The predicted octanol–water partition coefficient (Wildman–Crippen LogP) is 4.22. The standard InChI is InChI=1S/C24H23ClN2O4S/c1-17(18-7-3-2-4-8-18)15-26-24(28)23-16-27(21-9-5-6-10-22(21)31-23)32(29,30)20-13-11-19(25)12-14-20/h2-14,17,23H,15-16H2,1H3,(H,26,28). The Labute approximate surface area is 192 Å². The average Bonchev–Trinajstić information content (AvgIpc) is 2.82. The number of rotatable bonds is 6. The van der Waals surface area contributed by atoms with E-state index in [0.717, 1.165) is 5.56 Å². The van der Waals surface area contributed by atoms with E-state index in [-0.39, 0.29) is 23.3 Å². The summed E-state index contributed by atoms with van der Waals surface area (Å²) < 4.78 is 33.8. The first-order valence-corrected chi connectivity index (χ1v) is 12.0. The SMILES string of the molecule is CC(CNC(=O)C1CN(S(=O)(=O)c2ccc(Cl)cc2)c2ccccc2O1)c1ccccc1. The van der Waals surface area contributed by atoms with Crippen LogP contribution in [0.3, 0.4) is 0 Å². The molecule has 0 spiro atoms. The van der Waals surface area contributed by atoms with Crippen molar-refractivity contribution >= 4 is 33.2 Å². The molecule has 6 nitrogen and oxygen atoms in total. The fourth-order valence-electron chi connectivity index (χ4n) is 3.57. The fourth-order valence-corrected chi connectivity index (χ4v) is 5.17. The van der Waals surface area contributed by atoms with Crippen molar-refractivity contribution in [3.05, 3.63) is 89.4 Å². The lowest BCUT2D eigenvalue weighted by Crippen LogP contribution is -2.51. The van der Waals surface area contributed by atoms with Crippen molar-refractivity contribution in [1.29, 1.82) is 0 Å². The van der Waals surface area contributed by atoms with Crippen molar-refractivity contribution in [2.24, 2.45) is 0 Å². The number of sulfonamides is 1. The van der Waals surface area contributed by atoms with Gasteiger partial charge in [0, 0.05) is 11.6 Å². The first-order valence-electron chi connectivity index (χ1n) is 10.2. The van der Waals surface area contributed by atoms with Crippen LogP contribution in [0.2, 0.25) is 5.02 Å². The minimum atomic E-state index is -3.92. The van der Waals surface area contributed by atoms with Gasteiger partial charge in [-0.2, -0.15) is 0 Å². The molecule has 1 N–H and O–H groups in total. The highest BCUT2D eigenvalue weighted by molar-refractivity contribution is 7.92. The zero-order valence-electron chi connectivity index (χ0n) is 17.4. The van der Waals surface area contributed by atoms with Crippen molar-refractivity contribution in [3.63, 3.8) is 0 Å². The lowest BCUT2D eigenvalue weighted by atomic mass is 10.0. The molecule has 8 heteroatoms. The van der Waals surface area contributed by atoms with Gasteiger partial charge in [0.25, 0.3) is 15.9 Å².